The molecule has 0 aromatic heterocycles. The van der Waals surface area contributed by atoms with Gasteiger partial charge in [0.1, 0.15) is 18.7 Å². The third-order valence-electron chi connectivity index (χ3n) is 5.96. The maximum absolute atomic E-state index is 13.0. The number of nitrogens with one attached hydrogen (secondary N) is 2. The van der Waals surface area contributed by atoms with Crippen LogP contribution < -0.4 is 10.6 Å². The van der Waals surface area contributed by atoms with Crippen molar-refractivity contribution in [2.24, 2.45) is 0 Å². The minimum atomic E-state index is -0.839. The monoisotopic (exact) mass is 467 g/mol. The van der Waals surface area contributed by atoms with E-state index in [9.17, 15) is 19.5 Å². The number of likely N-dealkylation sites (tertiary alicyclic amines) is 1. The minimum absolute atomic E-state index is 0.102. The highest BCUT2D eigenvalue weighted by Gasteiger charge is 2.37. The normalized spacial score (nSPS) is 18.0. The number of carbonyl (C=O) groups excluding carboxylic acids is 3. The molecule has 4 atom stereocenters. The predicted octanol–water partition coefficient (Wildman–Crippen LogP) is 2.40. The number of nitrogens with zero attached hydrogens (tertiary/aromatic N) is 1. The van der Waals surface area contributed by atoms with E-state index in [0.717, 1.165) is 11.1 Å². The van der Waals surface area contributed by atoms with Crippen molar-refractivity contribution in [1.82, 2.24) is 15.5 Å². The molecule has 1 aliphatic rings. The quantitative estimate of drug-likeness (QED) is 0.525. The minimum Gasteiger partial charge on any atom is -0.445 e. The van der Waals surface area contributed by atoms with Gasteiger partial charge in [0, 0.05) is 6.54 Å². The SMILES string of the molecule is CC(NC(=O)OCc1ccccc1)C(=O)N1CCCC1C(=O)NC(Cc1ccccc1)C(C)O. The van der Waals surface area contributed by atoms with Crippen LogP contribution in [0.15, 0.2) is 60.7 Å². The van der Waals surface area contributed by atoms with Gasteiger partial charge >= 0.3 is 6.09 Å². The molecule has 0 radical (unpaired) electrons. The molecular formula is C26H33N3O5. The van der Waals surface area contributed by atoms with Crippen molar-refractivity contribution in [3.63, 3.8) is 0 Å². The standard InChI is InChI=1S/C26H33N3O5/c1-18(27-26(33)34-17-21-12-7-4-8-13-21)25(32)29-15-9-14-23(29)24(31)28-22(19(2)30)16-20-10-5-3-6-11-20/h3-8,10-13,18-19,22-23,30H,9,14-17H2,1-2H3,(H,27,33)(H,28,31). The first-order chi connectivity index (χ1) is 16.3. The third kappa shape index (κ3) is 7.05. The highest BCUT2D eigenvalue weighted by Crippen LogP contribution is 2.19. The van der Waals surface area contributed by atoms with Crippen LogP contribution >= 0.6 is 0 Å². The summed E-state index contributed by atoms with van der Waals surface area (Å²) in [6.07, 6.45) is 0.251. The van der Waals surface area contributed by atoms with Crippen molar-refractivity contribution < 1.29 is 24.2 Å². The number of hydrogen-bond donors (Lipinski definition) is 3. The summed E-state index contributed by atoms with van der Waals surface area (Å²) in [6, 6.07) is 16.9. The number of aliphatic hydroxyl groups excluding tert-OH is 1. The summed E-state index contributed by atoms with van der Waals surface area (Å²) in [5.74, 6) is -0.641. The molecule has 8 heteroatoms. The van der Waals surface area contributed by atoms with Crippen molar-refractivity contribution in [3.05, 3.63) is 71.8 Å². The molecule has 0 aliphatic carbocycles. The van der Waals surface area contributed by atoms with E-state index in [2.05, 4.69) is 10.6 Å². The number of alkyl carbamates (subject to hydrolysis) is 1. The van der Waals surface area contributed by atoms with Gasteiger partial charge in [-0.25, -0.2) is 4.79 Å². The fraction of sp³-hybridized carbons (Fsp3) is 0.423. The largest absolute Gasteiger partial charge is 0.445 e. The molecule has 8 nitrogen and oxygen atoms in total. The Labute approximate surface area is 200 Å². The molecule has 4 unspecified atom stereocenters. The molecule has 182 valence electrons. The van der Waals surface area contributed by atoms with Crippen molar-refractivity contribution in [2.75, 3.05) is 6.54 Å². The first kappa shape index (κ1) is 25.2. The van der Waals surface area contributed by atoms with Gasteiger partial charge in [0.2, 0.25) is 11.8 Å². The van der Waals surface area contributed by atoms with Crippen LogP contribution in [-0.2, 0) is 27.4 Å². The lowest BCUT2D eigenvalue weighted by molar-refractivity contribution is -0.140. The maximum Gasteiger partial charge on any atom is 0.408 e. The van der Waals surface area contributed by atoms with Crippen LogP contribution in [0.2, 0.25) is 0 Å². The number of rotatable bonds is 9. The topological polar surface area (TPSA) is 108 Å². The van der Waals surface area contributed by atoms with Crippen LogP contribution in [0.5, 0.6) is 0 Å². The molecule has 1 heterocycles. The Balaban J connectivity index is 1.54. The number of ether oxygens (including phenoxy) is 1. The predicted molar refractivity (Wildman–Crippen MR) is 128 cm³/mol. The van der Waals surface area contributed by atoms with Crippen molar-refractivity contribution >= 4 is 17.9 Å². The highest BCUT2D eigenvalue weighted by atomic mass is 16.5. The molecule has 0 spiro atoms. The number of carbonyl (C=O) groups is 3. The molecule has 2 aromatic rings. The Morgan fingerprint density at radius 3 is 2.24 bits per heavy atom. The van der Waals surface area contributed by atoms with Crippen molar-refractivity contribution in [2.45, 2.75) is 63.9 Å². The van der Waals surface area contributed by atoms with Gasteiger partial charge < -0.3 is 25.4 Å². The van der Waals surface area contributed by atoms with E-state index in [0.29, 0.717) is 25.8 Å². The molecule has 3 amide bonds. The van der Waals surface area contributed by atoms with E-state index in [4.69, 9.17) is 4.74 Å². The van der Waals surface area contributed by atoms with Gasteiger partial charge in [-0.2, -0.15) is 0 Å². The molecule has 2 aromatic carbocycles. The van der Waals surface area contributed by atoms with E-state index >= 15 is 0 Å². The van der Waals surface area contributed by atoms with Crippen LogP contribution in [0.25, 0.3) is 0 Å². The van der Waals surface area contributed by atoms with E-state index in [1.54, 1.807) is 13.8 Å². The van der Waals surface area contributed by atoms with Crippen molar-refractivity contribution in [3.8, 4) is 0 Å². The lowest BCUT2D eigenvalue weighted by atomic mass is 10.0. The van der Waals surface area contributed by atoms with E-state index in [1.165, 1.54) is 4.90 Å². The number of amides is 3. The molecule has 1 aliphatic heterocycles. The Morgan fingerprint density at radius 1 is 1.00 bits per heavy atom. The highest BCUT2D eigenvalue weighted by molar-refractivity contribution is 5.91. The van der Waals surface area contributed by atoms with E-state index < -0.39 is 30.3 Å². The Kier molecular flexibility index (Phi) is 9.04. The average molecular weight is 468 g/mol. The molecule has 0 bridgehead atoms. The van der Waals surface area contributed by atoms with Gasteiger partial charge in [0.15, 0.2) is 0 Å². The van der Waals surface area contributed by atoms with Gasteiger partial charge in [-0.1, -0.05) is 60.7 Å². The second-order valence-electron chi connectivity index (χ2n) is 8.66. The summed E-state index contributed by atoms with van der Waals surface area (Å²) < 4.78 is 5.19. The number of aliphatic hydroxyl groups is 1. The van der Waals surface area contributed by atoms with Gasteiger partial charge in [0.05, 0.1) is 12.1 Å². The first-order valence-corrected chi connectivity index (χ1v) is 11.6. The van der Waals surface area contributed by atoms with Crippen LogP contribution in [0, 0.1) is 0 Å². The summed E-state index contributed by atoms with van der Waals surface area (Å²) in [5, 5.41) is 15.7. The number of benzene rings is 2. The summed E-state index contributed by atoms with van der Waals surface area (Å²) >= 11 is 0. The summed E-state index contributed by atoms with van der Waals surface area (Å²) in [5.41, 5.74) is 1.84. The van der Waals surface area contributed by atoms with Crippen LogP contribution in [0.4, 0.5) is 4.79 Å². The fourth-order valence-electron chi connectivity index (χ4n) is 4.04. The zero-order chi connectivity index (χ0) is 24.5. The van der Waals surface area contributed by atoms with Gasteiger partial charge in [-0.15, -0.1) is 0 Å². The Morgan fingerprint density at radius 2 is 1.62 bits per heavy atom. The molecule has 0 saturated carbocycles. The van der Waals surface area contributed by atoms with Crippen LogP contribution in [0.3, 0.4) is 0 Å². The lowest BCUT2D eigenvalue weighted by Crippen LogP contribution is -2.55. The zero-order valence-electron chi connectivity index (χ0n) is 19.6. The Hall–Kier alpha value is -3.39. The zero-order valence-corrected chi connectivity index (χ0v) is 19.6. The summed E-state index contributed by atoms with van der Waals surface area (Å²) in [4.78, 5) is 39.7. The average Bonchev–Trinajstić information content (AvgIpc) is 3.33. The lowest BCUT2D eigenvalue weighted by Gasteiger charge is -2.29. The smallest absolute Gasteiger partial charge is 0.408 e. The fourth-order valence-corrected chi connectivity index (χ4v) is 4.04. The molecule has 1 fully saturated rings. The van der Waals surface area contributed by atoms with Crippen LogP contribution in [0.1, 0.15) is 37.8 Å². The van der Waals surface area contributed by atoms with Gasteiger partial charge in [0.25, 0.3) is 0 Å². The Bertz CT molecular complexity index is 951. The third-order valence-corrected chi connectivity index (χ3v) is 5.96. The molecular weight excluding hydrogens is 434 g/mol. The summed E-state index contributed by atoms with van der Waals surface area (Å²) in [7, 11) is 0. The van der Waals surface area contributed by atoms with Crippen molar-refractivity contribution in [1.29, 1.82) is 0 Å². The first-order valence-electron chi connectivity index (χ1n) is 11.6. The van der Waals surface area contributed by atoms with E-state index in [1.807, 2.05) is 60.7 Å². The second kappa shape index (κ2) is 12.2. The molecule has 34 heavy (non-hydrogen) atoms. The van der Waals surface area contributed by atoms with Gasteiger partial charge in [-0.05, 0) is 44.2 Å². The second-order valence-corrected chi connectivity index (χ2v) is 8.66. The number of hydrogen-bond acceptors (Lipinski definition) is 5. The van der Waals surface area contributed by atoms with Gasteiger partial charge in [-0.3, -0.25) is 9.59 Å². The summed E-state index contributed by atoms with van der Waals surface area (Å²) in [6.45, 7) is 3.75. The molecule has 1 saturated heterocycles. The van der Waals surface area contributed by atoms with Crippen LogP contribution in [-0.4, -0.2) is 58.7 Å². The molecule has 3 rings (SSSR count). The molecule has 3 N–H and O–H groups in total. The maximum atomic E-state index is 13.0. The van der Waals surface area contributed by atoms with E-state index in [-0.39, 0.29) is 18.4 Å².